The number of carbonyl (C=O) groups excluding carboxylic acids is 4. The highest BCUT2D eigenvalue weighted by Gasteiger charge is 2.44. The maximum atomic E-state index is 14.4. The van der Waals surface area contributed by atoms with E-state index < -0.39 is 10.8 Å². The van der Waals surface area contributed by atoms with Crippen LogP contribution in [0.4, 0.5) is 20.2 Å². The van der Waals surface area contributed by atoms with Crippen LogP contribution in [-0.2, 0) is 42.8 Å². The Morgan fingerprint density at radius 1 is 0.522 bits per heavy atom. The Kier molecular flexibility index (Phi) is 19.2. The van der Waals surface area contributed by atoms with Crippen LogP contribution < -0.4 is 41.0 Å². The Morgan fingerprint density at radius 2 is 0.911 bits per heavy atom. The quantitative estimate of drug-likeness (QED) is 0.0967. The average molecular weight is 1240 g/mol. The maximum absolute atomic E-state index is 14.4. The van der Waals surface area contributed by atoms with Crippen molar-refractivity contribution in [3.8, 4) is 11.5 Å². The largest absolute Gasteiger partial charge is 0.480 e. The van der Waals surface area contributed by atoms with E-state index in [9.17, 15) is 37.5 Å². The normalized spacial score (nSPS) is 23.8. The molecule has 0 unspecified atom stereocenters. The number of para-hydroxylation sites is 2. The number of hydrogen-bond donors (Lipinski definition) is 4. The van der Waals surface area contributed by atoms with Gasteiger partial charge in [-0.3, -0.25) is 48.4 Å². The van der Waals surface area contributed by atoms with Crippen molar-refractivity contribution in [2.45, 2.75) is 115 Å². The van der Waals surface area contributed by atoms with Gasteiger partial charge in [0.1, 0.15) is 11.6 Å². The molecular formula is C68H88F2N12O8. The molecule has 6 atom stereocenters. The van der Waals surface area contributed by atoms with Gasteiger partial charge >= 0.3 is 0 Å². The van der Waals surface area contributed by atoms with Gasteiger partial charge in [-0.25, -0.2) is 8.78 Å². The van der Waals surface area contributed by atoms with Gasteiger partial charge < -0.3 is 49.7 Å². The van der Waals surface area contributed by atoms with Gasteiger partial charge in [0.2, 0.25) is 11.8 Å². The molecule has 2 aromatic heterocycles. The Morgan fingerprint density at radius 3 is 1.29 bits per heavy atom. The van der Waals surface area contributed by atoms with Crippen molar-refractivity contribution < 1.29 is 37.4 Å². The van der Waals surface area contributed by atoms with Crippen molar-refractivity contribution in [3.63, 3.8) is 0 Å². The van der Waals surface area contributed by atoms with Crippen molar-refractivity contribution in [1.82, 2.24) is 50.0 Å². The Balaban J connectivity index is 0.635. The first-order valence-electron chi connectivity index (χ1n) is 31.9. The SMILES string of the molecule is C[C@@H]1CN(CC(=O)N2CC(C)(C)c3[nH]c(=O)c(Cc4ccc(F)cc4)cc32)[C@@H](CN2CCN(C(=O)COc3ccccc3OCC(=O)N3CCN(C[C@H]4CN[C@H](C)CN4CC(=O)N4CC(C)(C)c5[nH]c(=O)c(Cc6ccc(F)cc6)cc54)[C@H](C)C3)C[C@H]2C)CN1. The van der Waals surface area contributed by atoms with Crippen LogP contribution in [-0.4, -0.2) is 217 Å². The lowest BCUT2D eigenvalue weighted by Crippen LogP contribution is -2.63. The second-order valence-corrected chi connectivity index (χ2v) is 27.3. The molecule has 4 N–H and O–H groups in total. The number of halogens is 2. The Hall–Kier alpha value is -7.34. The van der Waals surface area contributed by atoms with E-state index in [0.29, 0.717) is 138 Å². The first kappa shape index (κ1) is 64.2. The molecule has 0 spiro atoms. The van der Waals surface area contributed by atoms with E-state index in [0.717, 1.165) is 22.5 Å². The van der Waals surface area contributed by atoms with Gasteiger partial charge in [-0.2, -0.15) is 0 Å². The summed E-state index contributed by atoms with van der Waals surface area (Å²) in [6.45, 7) is 25.0. The topological polar surface area (TPSA) is 202 Å². The number of ether oxygens (including phenoxy) is 2. The van der Waals surface area contributed by atoms with Crippen LogP contribution >= 0.6 is 0 Å². The van der Waals surface area contributed by atoms with Gasteiger partial charge in [0.15, 0.2) is 24.7 Å². The van der Waals surface area contributed by atoms with Gasteiger partial charge in [0.05, 0.1) is 24.5 Å². The van der Waals surface area contributed by atoms with Gasteiger partial charge in [-0.05, 0) is 87.4 Å². The van der Waals surface area contributed by atoms with Gasteiger partial charge in [-0.1, -0.05) is 64.1 Å². The van der Waals surface area contributed by atoms with Crippen LogP contribution in [0.1, 0.15) is 89.0 Å². The average Bonchev–Trinajstić information content (AvgIpc) is 2.55. The molecule has 11 rings (SSSR count). The number of nitrogens with one attached hydrogen (secondary N) is 4. The summed E-state index contributed by atoms with van der Waals surface area (Å²) in [5.74, 6) is -0.338. The third-order valence-electron chi connectivity index (χ3n) is 19.3. The first-order chi connectivity index (χ1) is 42.9. The third kappa shape index (κ3) is 14.5. The minimum Gasteiger partial charge on any atom is -0.480 e. The van der Waals surface area contributed by atoms with E-state index in [1.165, 1.54) is 24.3 Å². The molecule has 5 aromatic rings. The fourth-order valence-corrected chi connectivity index (χ4v) is 14.1. The number of aromatic amines is 2. The highest BCUT2D eigenvalue weighted by Crippen LogP contribution is 2.41. The number of aromatic nitrogens is 2. The molecule has 4 fully saturated rings. The van der Waals surface area contributed by atoms with Crippen molar-refractivity contribution in [2.24, 2.45) is 0 Å². The summed E-state index contributed by atoms with van der Waals surface area (Å²) in [7, 11) is 0. The summed E-state index contributed by atoms with van der Waals surface area (Å²) in [6.07, 6.45) is 0.621. The number of hydrogen-bond acceptors (Lipinski definition) is 14. The van der Waals surface area contributed by atoms with E-state index in [4.69, 9.17) is 9.47 Å². The van der Waals surface area contributed by atoms with Gasteiger partial charge in [0.25, 0.3) is 22.9 Å². The molecule has 90 heavy (non-hydrogen) atoms. The fraction of sp³-hybridized carbons (Fsp3) is 0.529. The van der Waals surface area contributed by atoms with E-state index in [-0.39, 0.29) is 109 Å². The molecule has 8 heterocycles. The number of benzene rings is 3. The molecule has 6 aliphatic heterocycles. The zero-order valence-electron chi connectivity index (χ0n) is 53.3. The molecule has 4 saturated heterocycles. The standard InChI is InChI=1S/C68H88F2N12O8/c1-43-31-79(37-59(83)81-41-67(5,6)63-55(81)27-49(65(87)73-63)25-47-13-17-51(69)18-14-47)53(29-71-43)35-75-21-23-77(33-45(75)3)61(85)39-89-57-11-9-10-12-58(57)90-40-62(86)78-24-22-76(46(4)34-78)36-54-30-72-44(2)32-80(54)38-60(84)82-42-68(7,8)64-56(82)28-50(66(88)74-64)26-48-15-19-52(70)20-16-48/h9-20,27-28,43-46,53-54,71-72H,21-26,29-42H2,1-8H3,(H,73,87)(H,74,88)/t43-,44-,45-,46-,53-,54-/m1/s1. The zero-order chi connectivity index (χ0) is 63.8. The fourth-order valence-electron chi connectivity index (χ4n) is 14.1. The number of rotatable bonds is 18. The zero-order valence-corrected chi connectivity index (χ0v) is 53.3. The maximum Gasteiger partial charge on any atom is 0.260 e. The Bertz CT molecular complexity index is 3330. The van der Waals surface area contributed by atoms with Crippen LogP contribution in [0.5, 0.6) is 11.5 Å². The van der Waals surface area contributed by atoms with E-state index in [2.05, 4.69) is 67.9 Å². The van der Waals surface area contributed by atoms with E-state index >= 15 is 0 Å². The van der Waals surface area contributed by atoms with Crippen molar-refractivity contribution in [2.75, 3.05) is 128 Å². The van der Waals surface area contributed by atoms with Crippen LogP contribution in [0.15, 0.2) is 94.5 Å². The molecule has 482 valence electrons. The molecule has 4 amide bonds. The van der Waals surface area contributed by atoms with Crippen molar-refractivity contribution in [3.05, 3.63) is 151 Å². The summed E-state index contributed by atoms with van der Waals surface area (Å²) >= 11 is 0. The monoisotopic (exact) mass is 1240 g/mol. The van der Waals surface area contributed by atoms with Crippen molar-refractivity contribution >= 4 is 35.0 Å². The lowest BCUT2D eigenvalue weighted by Gasteiger charge is -2.45. The number of piperazine rings is 4. The van der Waals surface area contributed by atoms with Gasteiger partial charge in [-0.15, -0.1) is 0 Å². The van der Waals surface area contributed by atoms with Crippen LogP contribution in [0.3, 0.4) is 0 Å². The second kappa shape index (κ2) is 26.9. The lowest BCUT2D eigenvalue weighted by atomic mass is 9.91. The minimum atomic E-state index is -0.466. The molecule has 22 heteroatoms. The summed E-state index contributed by atoms with van der Waals surface area (Å²) in [5.41, 5.74) is 4.15. The molecule has 6 aliphatic rings. The number of H-pyrrole nitrogens is 2. The Labute approximate surface area is 525 Å². The smallest absolute Gasteiger partial charge is 0.260 e. The van der Waals surface area contributed by atoms with Crippen molar-refractivity contribution in [1.29, 1.82) is 0 Å². The molecule has 0 bridgehead atoms. The number of fused-ring (bicyclic) bond motifs is 2. The molecular weight excluding hydrogens is 1150 g/mol. The summed E-state index contributed by atoms with van der Waals surface area (Å²) in [4.78, 5) is 106. The van der Waals surface area contributed by atoms with Crippen LogP contribution in [0, 0.1) is 11.6 Å². The van der Waals surface area contributed by atoms with Crippen LogP contribution in [0.25, 0.3) is 0 Å². The lowest BCUT2D eigenvalue weighted by molar-refractivity contribution is -0.137. The summed E-state index contributed by atoms with van der Waals surface area (Å²) in [5, 5.41) is 7.24. The molecule has 3 aromatic carbocycles. The second-order valence-electron chi connectivity index (χ2n) is 27.3. The number of nitrogens with zero attached hydrogens (tertiary/aromatic N) is 8. The third-order valence-corrected chi connectivity index (χ3v) is 19.3. The summed E-state index contributed by atoms with van der Waals surface area (Å²) < 4.78 is 39.6. The van der Waals surface area contributed by atoms with E-state index in [1.54, 1.807) is 48.5 Å². The molecule has 0 saturated carbocycles. The first-order valence-corrected chi connectivity index (χ1v) is 31.9. The number of amides is 4. The highest BCUT2D eigenvalue weighted by molar-refractivity contribution is 5.98. The highest BCUT2D eigenvalue weighted by atomic mass is 19.1. The number of pyridine rings is 2. The van der Waals surface area contributed by atoms with Crippen LogP contribution in [0.2, 0.25) is 0 Å². The minimum absolute atomic E-state index is 0.0308. The molecule has 0 aliphatic carbocycles. The van der Waals surface area contributed by atoms with Gasteiger partial charge in [0, 0.05) is 174 Å². The predicted molar refractivity (Wildman–Crippen MR) is 342 cm³/mol. The summed E-state index contributed by atoms with van der Waals surface area (Å²) in [6, 6.07) is 23.4. The van der Waals surface area contributed by atoms with E-state index in [1.807, 2.05) is 59.4 Å². The number of carbonyl (C=O) groups is 4. The number of anilines is 2. The predicted octanol–water partition coefficient (Wildman–Crippen LogP) is 4.32. The molecule has 0 radical (unpaired) electrons. The molecule has 20 nitrogen and oxygen atoms in total.